The van der Waals surface area contributed by atoms with Gasteiger partial charge in [-0.3, -0.25) is 0 Å². The van der Waals surface area contributed by atoms with Crippen molar-refractivity contribution in [1.29, 1.82) is 0 Å². The zero-order valence-electron chi connectivity index (χ0n) is 10.2. The van der Waals surface area contributed by atoms with E-state index in [0.717, 1.165) is 22.6 Å². The molecule has 0 aliphatic rings. The Bertz CT molecular complexity index is 521. The second-order valence-corrected chi connectivity index (χ2v) is 4.72. The Morgan fingerprint density at radius 2 is 1.71 bits per heavy atom. The highest BCUT2D eigenvalue weighted by molar-refractivity contribution is 6.30. The van der Waals surface area contributed by atoms with E-state index in [1.165, 1.54) is 0 Å². The van der Waals surface area contributed by atoms with Crippen LogP contribution >= 0.6 is 11.6 Å². The second-order valence-electron chi connectivity index (χ2n) is 4.37. The first-order valence-corrected chi connectivity index (χ1v) is 6.07. The quantitative estimate of drug-likeness (QED) is 0.741. The Morgan fingerprint density at radius 3 is 2.29 bits per heavy atom. The molecule has 17 heavy (non-hydrogen) atoms. The molecule has 2 rings (SSSR count). The summed E-state index contributed by atoms with van der Waals surface area (Å²) in [5, 5.41) is 0.544. The molecule has 0 N–H and O–H groups in total. The fraction of sp³-hybridized carbons (Fsp3) is 0.286. The van der Waals surface area contributed by atoms with Gasteiger partial charge in [0.1, 0.15) is 11.0 Å². The van der Waals surface area contributed by atoms with Crippen molar-refractivity contribution in [1.82, 2.24) is 9.97 Å². The third kappa shape index (κ3) is 2.47. The first kappa shape index (κ1) is 12.1. The summed E-state index contributed by atoms with van der Waals surface area (Å²) in [6.45, 7) is 6.08. The molecule has 0 unspecified atom stereocenters. The van der Waals surface area contributed by atoms with Crippen LogP contribution in [-0.4, -0.2) is 9.97 Å². The maximum absolute atomic E-state index is 6.16. The van der Waals surface area contributed by atoms with Crippen molar-refractivity contribution < 1.29 is 0 Å². The lowest BCUT2D eigenvalue weighted by Gasteiger charge is -2.11. The number of rotatable bonds is 2. The standard InChI is InChI=1S/C14H15ClN2/c1-9(2)14-16-12(10(3)13(15)17-14)11-7-5-4-6-8-11/h4-9H,1-3H3. The fourth-order valence-electron chi connectivity index (χ4n) is 1.64. The van der Waals surface area contributed by atoms with E-state index in [4.69, 9.17) is 11.6 Å². The fourth-order valence-corrected chi connectivity index (χ4v) is 1.82. The van der Waals surface area contributed by atoms with Crippen LogP contribution in [0.25, 0.3) is 11.3 Å². The van der Waals surface area contributed by atoms with Crippen molar-refractivity contribution in [3.8, 4) is 11.3 Å². The molecule has 0 saturated carbocycles. The number of benzene rings is 1. The molecule has 1 heterocycles. The van der Waals surface area contributed by atoms with E-state index in [1.54, 1.807) is 0 Å². The highest BCUT2D eigenvalue weighted by Crippen LogP contribution is 2.27. The number of aromatic nitrogens is 2. The van der Waals surface area contributed by atoms with Crippen molar-refractivity contribution in [2.75, 3.05) is 0 Å². The lowest BCUT2D eigenvalue weighted by molar-refractivity contribution is 0.773. The Labute approximate surface area is 107 Å². The van der Waals surface area contributed by atoms with Crippen LogP contribution in [0.3, 0.4) is 0 Å². The monoisotopic (exact) mass is 246 g/mol. The van der Waals surface area contributed by atoms with E-state index < -0.39 is 0 Å². The number of nitrogens with zero attached hydrogens (tertiary/aromatic N) is 2. The van der Waals surface area contributed by atoms with Gasteiger partial charge in [0.25, 0.3) is 0 Å². The molecule has 0 aliphatic heterocycles. The van der Waals surface area contributed by atoms with Crippen molar-refractivity contribution in [2.45, 2.75) is 26.7 Å². The predicted molar refractivity (Wildman–Crippen MR) is 71.3 cm³/mol. The molecule has 0 aliphatic carbocycles. The van der Waals surface area contributed by atoms with Gasteiger partial charge in [0.2, 0.25) is 0 Å². The van der Waals surface area contributed by atoms with Crippen LogP contribution in [0.2, 0.25) is 5.15 Å². The third-order valence-corrected chi connectivity index (χ3v) is 3.04. The maximum Gasteiger partial charge on any atom is 0.136 e. The first-order chi connectivity index (χ1) is 8.09. The summed E-state index contributed by atoms with van der Waals surface area (Å²) in [7, 11) is 0. The molecule has 0 radical (unpaired) electrons. The maximum atomic E-state index is 6.16. The smallest absolute Gasteiger partial charge is 0.136 e. The van der Waals surface area contributed by atoms with Crippen LogP contribution in [0.15, 0.2) is 30.3 Å². The third-order valence-electron chi connectivity index (χ3n) is 2.67. The summed E-state index contributed by atoms with van der Waals surface area (Å²) in [5.74, 6) is 1.06. The van der Waals surface area contributed by atoms with E-state index in [-0.39, 0.29) is 5.92 Å². The van der Waals surface area contributed by atoms with E-state index in [9.17, 15) is 0 Å². The van der Waals surface area contributed by atoms with Gasteiger partial charge < -0.3 is 0 Å². The van der Waals surface area contributed by atoms with Gasteiger partial charge in [-0.2, -0.15) is 0 Å². The largest absolute Gasteiger partial charge is 0.232 e. The molecule has 0 fully saturated rings. The van der Waals surface area contributed by atoms with Crippen molar-refractivity contribution >= 4 is 11.6 Å². The summed E-state index contributed by atoms with van der Waals surface area (Å²) in [5.41, 5.74) is 2.94. The average Bonchev–Trinajstić information content (AvgIpc) is 2.33. The van der Waals surface area contributed by atoms with Crippen LogP contribution in [-0.2, 0) is 0 Å². The summed E-state index contributed by atoms with van der Waals surface area (Å²) < 4.78 is 0. The molecule has 3 heteroatoms. The molecular weight excluding hydrogens is 232 g/mol. The van der Waals surface area contributed by atoms with Gasteiger partial charge in [-0.15, -0.1) is 0 Å². The molecule has 0 atom stereocenters. The Kier molecular flexibility index (Phi) is 3.43. The zero-order chi connectivity index (χ0) is 12.4. The normalized spacial score (nSPS) is 10.9. The van der Waals surface area contributed by atoms with E-state index in [2.05, 4.69) is 23.8 Å². The molecule has 88 valence electrons. The number of hydrogen-bond donors (Lipinski definition) is 0. The van der Waals surface area contributed by atoms with Gasteiger partial charge in [0, 0.05) is 17.0 Å². The topological polar surface area (TPSA) is 25.8 Å². The van der Waals surface area contributed by atoms with Gasteiger partial charge >= 0.3 is 0 Å². The van der Waals surface area contributed by atoms with Crippen LogP contribution < -0.4 is 0 Å². The Hall–Kier alpha value is -1.41. The molecule has 0 spiro atoms. The van der Waals surface area contributed by atoms with E-state index in [1.807, 2.05) is 37.3 Å². The molecule has 0 saturated heterocycles. The van der Waals surface area contributed by atoms with E-state index >= 15 is 0 Å². The van der Waals surface area contributed by atoms with Crippen LogP contribution in [0.4, 0.5) is 0 Å². The molecule has 0 amide bonds. The summed E-state index contributed by atoms with van der Waals surface area (Å²) in [4.78, 5) is 8.92. The lowest BCUT2D eigenvalue weighted by atomic mass is 10.1. The van der Waals surface area contributed by atoms with Gasteiger partial charge in [-0.1, -0.05) is 55.8 Å². The average molecular weight is 247 g/mol. The Morgan fingerprint density at radius 1 is 1.06 bits per heavy atom. The number of hydrogen-bond acceptors (Lipinski definition) is 2. The first-order valence-electron chi connectivity index (χ1n) is 5.69. The molecule has 0 bridgehead atoms. The van der Waals surface area contributed by atoms with Gasteiger partial charge in [0.15, 0.2) is 0 Å². The molecule has 2 nitrogen and oxygen atoms in total. The number of halogens is 1. The van der Waals surface area contributed by atoms with Crippen molar-refractivity contribution in [3.63, 3.8) is 0 Å². The molecule has 1 aromatic heterocycles. The summed E-state index contributed by atoms with van der Waals surface area (Å²) in [6.07, 6.45) is 0. The minimum Gasteiger partial charge on any atom is -0.232 e. The SMILES string of the molecule is Cc1c(Cl)nc(C(C)C)nc1-c1ccccc1. The minimum absolute atomic E-state index is 0.274. The van der Waals surface area contributed by atoms with Gasteiger partial charge in [-0.25, -0.2) is 9.97 Å². The van der Waals surface area contributed by atoms with Crippen LogP contribution in [0.1, 0.15) is 31.2 Å². The molecule has 2 aromatic rings. The minimum atomic E-state index is 0.274. The summed E-state index contributed by atoms with van der Waals surface area (Å²) in [6, 6.07) is 10.1. The lowest BCUT2D eigenvalue weighted by Crippen LogP contribution is -2.02. The highest BCUT2D eigenvalue weighted by atomic mass is 35.5. The van der Waals surface area contributed by atoms with Crippen LogP contribution in [0, 0.1) is 6.92 Å². The van der Waals surface area contributed by atoms with Gasteiger partial charge in [0.05, 0.1) is 5.69 Å². The Balaban J connectivity index is 2.61. The summed E-state index contributed by atoms with van der Waals surface area (Å²) >= 11 is 6.16. The zero-order valence-corrected chi connectivity index (χ0v) is 11.0. The predicted octanol–water partition coefficient (Wildman–Crippen LogP) is 4.23. The molecule has 1 aromatic carbocycles. The van der Waals surface area contributed by atoms with Crippen molar-refractivity contribution in [2.24, 2.45) is 0 Å². The second kappa shape index (κ2) is 4.84. The molecular formula is C14H15ClN2. The van der Waals surface area contributed by atoms with Gasteiger partial charge in [-0.05, 0) is 6.92 Å². The van der Waals surface area contributed by atoms with E-state index in [0.29, 0.717) is 5.15 Å². The van der Waals surface area contributed by atoms with Crippen LogP contribution in [0.5, 0.6) is 0 Å². The van der Waals surface area contributed by atoms with Crippen molar-refractivity contribution in [3.05, 3.63) is 46.9 Å². The highest BCUT2D eigenvalue weighted by Gasteiger charge is 2.12.